The minimum atomic E-state index is 0.0150. The number of halogens is 1. The Morgan fingerprint density at radius 3 is 2.69 bits per heavy atom. The zero-order valence-electron chi connectivity index (χ0n) is 16.9. The van der Waals surface area contributed by atoms with E-state index in [1.54, 1.807) is 18.2 Å². The van der Waals surface area contributed by atoms with Crippen molar-refractivity contribution in [1.29, 1.82) is 0 Å². The van der Waals surface area contributed by atoms with Crippen LogP contribution in [0.2, 0.25) is 5.02 Å². The number of nitrogens with zero attached hydrogens (tertiary/aromatic N) is 2. The van der Waals surface area contributed by atoms with Crippen LogP contribution in [0.3, 0.4) is 0 Å². The Bertz CT molecular complexity index is 1050. The highest BCUT2D eigenvalue weighted by Crippen LogP contribution is 2.31. The van der Waals surface area contributed by atoms with Crippen LogP contribution in [0.15, 0.2) is 53.3 Å². The van der Waals surface area contributed by atoms with Crippen molar-refractivity contribution in [2.75, 3.05) is 6.54 Å². The highest BCUT2D eigenvalue weighted by Gasteiger charge is 2.25. The lowest BCUT2D eigenvalue weighted by atomic mass is 9.81. The molecular formula is C24H28ClN3O. The summed E-state index contributed by atoms with van der Waals surface area (Å²) in [5, 5.41) is 1.23. The largest absolute Gasteiger partial charge is 0.330 e. The maximum atomic E-state index is 13.5. The molecule has 3 atom stereocenters. The number of benzene rings is 2. The van der Waals surface area contributed by atoms with Crippen LogP contribution in [0.1, 0.15) is 49.9 Å². The Labute approximate surface area is 176 Å². The van der Waals surface area contributed by atoms with Crippen LogP contribution in [-0.4, -0.2) is 16.1 Å². The van der Waals surface area contributed by atoms with Gasteiger partial charge in [-0.05, 0) is 61.4 Å². The van der Waals surface area contributed by atoms with Crippen molar-refractivity contribution in [2.24, 2.45) is 17.6 Å². The molecule has 2 aromatic carbocycles. The molecule has 0 amide bonds. The Hall–Kier alpha value is -2.17. The van der Waals surface area contributed by atoms with Gasteiger partial charge in [0.2, 0.25) is 0 Å². The van der Waals surface area contributed by atoms with E-state index in [1.807, 2.05) is 22.8 Å². The fourth-order valence-electron chi connectivity index (χ4n) is 4.65. The lowest BCUT2D eigenvalue weighted by Crippen LogP contribution is -2.32. The highest BCUT2D eigenvalue weighted by atomic mass is 35.5. The van der Waals surface area contributed by atoms with Gasteiger partial charge in [0.15, 0.2) is 0 Å². The minimum Gasteiger partial charge on any atom is -0.330 e. The first kappa shape index (κ1) is 20.1. The van der Waals surface area contributed by atoms with Gasteiger partial charge in [0.25, 0.3) is 5.56 Å². The van der Waals surface area contributed by atoms with E-state index >= 15 is 0 Å². The van der Waals surface area contributed by atoms with Gasteiger partial charge in [-0.25, -0.2) is 4.98 Å². The molecule has 1 saturated carbocycles. The van der Waals surface area contributed by atoms with Crippen LogP contribution in [-0.2, 0) is 6.54 Å². The molecule has 29 heavy (non-hydrogen) atoms. The molecule has 1 fully saturated rings. The van der Waals surface area contributed by atoms with Crippen molar-refractivity contribution >= 4 is 22.5 Å². The maximum absolute atomic E-state index is 13.5. The number of aromatic nitrogens is 2. The van der Waals surface area contributed by atoms with Crippen molar-refractivity contribution in [3.8, 4) is 0 Å². The highest BCUT2D eigenvalue weighted by molar-refractivity contribution is 6.31. The molecule has 0 bridgehead atoms. The van der Waals surface area contributed by atoms with Gasteiger partial charge >= 0.3 is 0 Å². The quantitative estimate of drug-likeness (QED) is 0.647. The summed E-state index contributed by atoms with van der Waals surface area (Å²) < 4.78 is 1.91. The molecular weight excluding hydrogens is 382 g/mol. The van der Waals surface area contributed by atoms with E-state index in [0.29, 0.717) is 34.3 Å². The summed E-state index contributed by atoms with van der Waals surface area (Å²) in [6, 6.07) is 15.6. The molecule has 152 valence electrons. The molecule has 1 aliphatic carbocycles. The maximum Gasteiger partial charge on any atom is 0.261 e. The summed E-state index contributed by atoms with van der Waals surface area (Å²) in [6.45, 7) is 3.55. The SMILES string of the molecule is CC(c1ccccc1)c1nc2cc(Cl)ccc2c(=O)n1CC1CCCC(CN)C1. The Balaban J connectivity index is 1.81. The van der Waals surface area contributed by atoms with Crippen LogP contribution in [0, 0.1) is 11.8 Å². The van der Waals surface area contributed by atoms with E-state index in [4.69, 9.17) is 22.3 Å². The van der Waals surface area contributed by atoms with Crippen LogP contribution in [0.4, 0.5) is 0 Å². The average Bonchev–Trinajstić information content (AvgIpc) is 2.75. The number of hydrogen-bond donors (Lipinski definition) is 1. The van der Waals surface area contributed by atoms with Gasteiger partial charge in [-0.2, -0.15) is 0 Å². The summed E-state index contributed by atoms with van der Waals surface area (Å²) in [6.07, 6.45) is 4.60. The van der Waals surface area contributed by atoms with Gasteiger partial charge in [0.1, 0.15) is 5.82 Å². The smallest absolute Gasteiger partial charge is 0.261 e. The third-order valence-electron chi connectivity index (χ3n) is 6.30. The van der Waals surface area contributed by atoms with E-state index in [2.05, 4.69) is 19.1 Å². The predicted molar refractivity (Wildman–Crippen MR) is 119 cm³/mol. The Morgan fingerprint density at radius 1 is 1.17 bits per heavy atom. The second-order valence-corrected chi connectivity index (χ2v) is 8.75. The van der Waals surface area contributed by atoms with E-state index in [-0.39, 0.29) is 11.5 Å². The lowest BCUT2D eigenvalue weighted by molar-refractivity contribution is 0.243. The fraction of sp³-hybridized carbons (Fsp3) is 0.417. The molecule has 4 nitrogen and oxygen atoms in total. The predicted octanol–water partition coefficient (Wildman–Crippen LogP) is 4.97. The molecule has 5 heteroatoms. The molecule has 0 radical (unpaired) electrons. The molecule has 3 aromatic rings. The van der Waals surface area contributed by atoms with Gasteiger partial charge in [-0.1, -0.05) is 55.3 Å². The van der Waals surface area contributed by atoms with Gasteiger partial charge in [-0.15, -0.1) is 0 Å². The van der Waals surface area contributed by atoms with Crippen LogP contribution < -0.4 is 11.3 Å². The van der Waals surface area contributed by atoms with Crippen molar-refractivity contribution in [2.45, 2.75) is 45.1 Å². The van der Waals surface area contributed by atoms with Crippen molar-refractivity contribution in [3.05, 3.63) is 75.3 Å². The van der Waals surface area contributed by atoms with E-state index in [0.717, 1.165) is 30.8 Å². The number of nitrogens with two attached hydrogens (primary N) is 1. The lowest BCUT2D eigenvalue weighted by Gasteiger charge is -2.30. The molecule has 1 heterocycles. The summed E-state index contributed by atoms with van der Waals surface area (Å²) in [7, 11) is 0. The van der Waals surface area contributed by atoms with Gasteiger partial charge in [0.05, 0.1) is 10.9 Å². The van der Waals surface area contributed by atoms with Crippen LogP contribution in [0.5, 0.6) is 0 Å². The molecule has 1 aromatic heterocycles. The van der Waals surface area contributed by atoms with E-state index in [1.165, 1.54) is 12.8 Å². The first-order valence-electron chi connectivity index (χ1n) is 10.5. The number of fused-ring (bicyclic) bond motifs is 1. The third kappa shape index (κ3) is 4.24. The molecule has 0 aliphatic heterocycles. The normalized spacial score (nSPS) is 20.7. The molecule has 3 unspecified atom stereocenters. The van der Waals surface area contributed by atoms with Crippen LogP contribution in [0.25, 0.3) is 10.9 Å². The minimum absolute atomic E-state index is 0.0150. The van der Waals surface area contributed by atoms with Gasteiger partial charge in [-0.3, -0.25) is 9.36 Å². The molecule has 2 N–H and O–H groups in total. The fourth-order valence-corrected chi connectivity index (χ4v) is 4.82. The second-order valence-electron chi connectivity index (χ2n) is 8.31. The molecule has 0 spiro atoms. The van der Waals surface area contributed by atoms with Crippen molar-refractivity contribution in [1.82, 2.24) is 9.55 Å². The monoisotopic (exact) mass is 409 g/mol. The number of hydrogen-bond acceptors (Lipinski definition) is 3. The van der Waals surface area contributed by atoms with Crippen molar-refractivity contribution in [3.63, 3.8) is 0 Å². The summed E-state index contributed by atoms with van der Waals surface area (Å²) in [4.78, 5) is 18.4. The standard InChI is InChI=1S/C24H28ClN3O/c1-16(19-8-3-2-4-9-19)23-27-22-13-20(25)10-11-21(22)24(29)28(23)15-18-7-5-6-17(12-18)14-26/h2-4,8-11,13,16-18H,5-7,12,14-15,26H2,1H3. The first-order chi connectivity index (χ1) is 14.1. The Morgan fingerprint density at radius 2 is 1.93 bits per heavy atom. The molecule has 4 rings (SSSR count). The van der Waals surface area contributed by atoms with Crippen molar-refractivity contribution < 1.29 is 0 Å². The zero-order chi connectivity index (χ0) is 20.4. The number of rotatable bonds is 5. The van der Waals surface area contributed by atoms with Crippen LogP contribution >= 0.6 is 11.6 Å². The average molecular weight is 410 g/mol. The zero-order valence-corrected chi connectivity index (χ0v) is 17.6. The summed E-state index contributed by atoms with van der Waals surface area (Å²) in [5.41, 5.74) is 7.78. The topological polar surface area (TPSA) is 60.9 Å². The Kier molecular flexibility index (Phi) is 6.02. The van der Waals surface area contributed by atoms with E-state index in [9.17, 15) is 4.79 Å². The van der Waals surface area contributed by atoms with Gasteiger partial charge < -0.3 is 5.73 Å². The third-order valence-corrected chi connectivity index (χ3v) is 6.53. The summed E-state index contributed by atoms with van der Waals surface area (Å²) >= 11 is 6.19. The van der Waals surface area contributed by atoms with Gasteiger partial charge in [0, 0.05) is 17.5 Å². The van der Waals surface area contributed by atoms with E-state index < -0.39 is 0 Å². The molecule has 1 aliphatic rings. The summed E-state index contributed by atoms with van der Waals surface area (Å²) in [5.74, 6) is 1.85. The second kappa shape index (κ2) is 8.68. The molecule has 0 saturated heterocycles. The first-order valence-corrected chi connectivity index (χ1v) is 10.9.